The van der Waals surface area contributed by atoms with E-state index in [1.165, 1.54) is 18.2 Å². The van der Waals surface area contributed by atoms with Gasteiger partial charge < -0.3 is 15.0 Å². The number of halogens is 1. The molecular formula is C13H16ClN3O4. The van der Waals surface area contributed by atoms with Crippen LogP contribution in [0.5, 0.6) is 5.75 Å². The Hall–Kier alpha value is -1.86. The maximum Gasteiger partial charge on any atom is 0.271 e. The minimum absolute atomic E-state index is 0.114. The average Bonchev–Trinajstić information content (AvgIpc) is 2.74. The highest BCUT2D eigenvalue weighted by molar-refractivity contribution is 6.32. The summed E-state index contributed by atoms with van der Waals surface area (Å²) in [6, 6.07) is 3.90. The van der Waals surface area contributed by atoms with Crippen molar-refractivity contribution in [3.8, 4) is 5.75 Å². The second-order valence-electron chi connectivity index (χ2n) is 4.64. The fourth-order valence-electron chi connectivity index (χ4n) is 2.05. The monoisotopic (exact) mass is 313 g/mol. The lowest BCUT2D eigenvalue weighted by Crippen LogP contribution is -2.37. The number of benzene rings is 1. The number of rotatable bonds is 4. The molecule has 1 aromatic rings. The summed E-state index contributed by atoms with van der Waals surface area (Å²) in [7, 11) is 0. The van der Waals surface area contributed by atoms with Crippen LogP contribution < -0.4 is 10.1 Å². The van der Waals surface area contributed by atoms with Crippen LogP contribution in [0.15, 0.2) is 18.2 Å². The number of hydrogen-bond acceptors (Lipinski definition) is 5. The summed E-state index contributed by atoms with van der Waals surface area (Å²) in [6.07, 6.45) is 0.907. The maximum absolute atomic E-state index is 12.0. The highest BCUT2D eigenvalue weighted by atomic mass is 35.5. The molecule has 1 aliphatic heterocycles. The van der Waals surface area contributed by atoms with E-state index in [0.29, 0.717) is 13.1 Å². The van der Waals surface area contributed by atoms with Gasteiger partial charge in [-0.15, -0.1) is 0 Å². The summed E-state index contributed by atoms with van der Waals surface area (Å²) in [5.74, 6) is 0.150. The molecule has 0 radical (unpaired) electrons. The van der Waals surface area contributed by atoms with E-state index in [1.54, 1.807) is 4.90 Å². The molecule has 2 rings (SSSR count). The predicted molar refractivity (Wildman–Crippen MR) is 77.7 cm³/mol. The normalized spacial score (nSPS) is 15.4. The van der Waals surface area contributed by atoms with Crippen LogP contribution in [0.3, 0.4) is 0 Å². The van der Waals surface area contributed by atoms with Crippen molar-refractivity contribution in [1.29, 1.82) is 0 Å². The van der Waals surface area contributed by atoms with Gasteiger partial charge in [-0.3, -0.25) is 14.9 Å². The Bertz CT molecular complexity index is 530. The molecule has 0 bridgehead atoms. The molecule has 0 aliphatic carbocycles. The van der Waals surface area contributed by atoms with Crippen LogP contribution in [0.4, 0.5) is 5.69 Å². The molecule has 1 saturated heterocycles. The second-order valence-corrected chi connectivity index (χ2v) is 5.05. The van der Waals surface area contributed by atoms with Gasteiger partial charge in [-0.05, 0) is 19.0 Å². The van der Waals surface area contributed by atoms with Gasteiger partial charge in [-0.25, -0.2) is 0 Å². The first-order valence-corrected chi connectivity index (χ1v) is 7.01. The van der Waals surface area contributed by atoms with Gasteiger partial charge in [-0.1, -0.05) is 11.6 Å². The Kier molecular flexibility index (Phi) is 5.35. The molecule has 8 heteroatoms. The van der Waals surface area contributed by atoms with Gasteiger partial charge in [0.05, 0.1) is 9.95 Å². The maximum atomic E-state index is 12.0. The summed E-state index contributed by atoms with van der Waals surface area (Å²) >= 11 is 5.90. The van der Waals surface area contributed by atoms with Crippen LogP contribution in [0.2, 0.25) is 5.02 Å². The van der Waals surface area contributed by atoms with Gasteiger partial charge in [0.1, 0.15) is 5.75 Å². The minimum Gasteiger partial charge on any atom is -0.482 e. The lowest BCUT2D eigenvalue weighted by molar-refractivity contribution is -0.384. The lowest BCUT2D eigenvalue weighted by atomic mass is 10.3. The quantitative estimate of drug-likeness (QED) is 0.672. The van der Waals surface area contributed by atoms with Gasteiger partial charge in [0.25, 0.3) is 11.6 Å². The number of carbonyl (C=O) groups is 1. The fourth-order valence-corrected chi connectivity index (χ4v) is 2.28. The Morgan fingerprint density at radius 1 is 1.43 bits per heavy atom. The molecule has 21 heavy (non-hydrogen) atoms. The largest absolute Gasteiger partial charge is 0.482 e. The zero-order valence-corrected chi connectivity index (χ0v) is 12.1. The number of nitrogens with one attached hydrogen (secondary N) is 1. The molecule has 0 spiro atoms. The fraction of sp³-hybridized carbons (Fsp3) is 0.462. The van der Waals surface area contributed by atoms with Crippen LogP contribution >= 0.6 is 11.6 Å². The molecule has 0 saturated carbocycles. The molecule has 1 heterocycles. The summed E-state index contributed by atoms with van der Waals surface area (Å²) in [5.41, 5.74) is -0.114. The van der Waals surface area contributed by atoms with Gasteiger partial charge in [0.2, 0.25) is 0 Å². The standard InChI is InChI=1S/C13H16ClN3O4/c14-11-8-10(17(19)20)2-3-12(11)21-9-13(18)16-6-1-4-15-5-7-16/h2-3,8,15H,1,4-7,9H2. The molecule has 7 nitrogen and oxygen atoms in total. The van der Waals surface area contributed by atoms with E-state index in [1.807, 2.05) is 0 Å². The third-order valence-electron chi connectivity index (χ3n) is 3.17. The third kappa shape index (κ3) is 4.30. The number of nitrogens with zero attached hydrogens (tertiary/aromatic N) is 2. The summed E-state index contributed by atoms with van der Waals surface area (Å²) in [4.78, 5) is 23.8. The van der Waals surface area contributed by atoms with E-state index >= 15 is 0 Å². The van der Waals surface area contributed by atoms with E-state index in [-0.39, 0.29) is 29.0 Å². The smallest absolute Gasteiger partial charge is 0.271 e. The highest BCUT2D eigenvalue weighted by Crippen LogP contribution is 2.28. The van der Waals surface area contributed by atoms with E-state index < -0.39 is 4.92 Å². The first-order chi connectivity index (χ1) is 10.1. The molecule has 0 unspecified atom stereocenters. The number of nitro groups is 1. The van der Waals surface area contributed by atoms with Gasteiger partial charge in [0.15, 0.2) is 6.61 Å². The van der Waals surface area contributed by atoms with Crippen LogP contribution in [-0.2, 0) is 4.79 Å². The average molecular weight is 314 g/mol. The van der Waals surface area contributed by atoms with Crippen molar-refractivity contribution in [2.75, 3.05) is 32.8 Å². The Morgan fingerprint density at radius 2 is 2.24 bits per heavy atom. The molecule has 1 N–H and O–H groups in total. The molecule has 1 aliphatic rings. The van der Waals surface area contributed by atoms with Crippen LogP contribution in [0, 0.1) is 10.1 Å². The molecule has 0 aromatic heterocycles. The van der Waals surface area contributed by atoms with Crippen molar-refractivity contribution in [1.82, 2.24) is 10.2 Å². The van der Waals surface area contributed by atoms with Gasteiger partial charge in [0, 0.05) is 31.8 Å². The van der Waals surface area contributed by atoms with Crippen molar-refractivity contribution in [3.63, 3.8) is 0 Å². The van der Waals surface area contributed by atoms with E-state index in [2.05, 4.69) is 5.32 Å². The van der Waals surface area contributed by atoms with Crippen molar-refractivity contribution in [2.45, 2.75) is 6.42 Å². The number of nitro benzene ring substituents is 1. The van der Waals surface area contributed by atoms with Gasteiger partial charge in [-0.2, -0.15) is 0 Å². The van der Waals surface area contributed by atoms with E-state index in [9.17, 15) is 14.9 Å². The number of non-ortho nitro benzene ring substituents is 1. The molecule has 1 aromatic carbocycles. The molecule has 1 fully saturated rings. The molecule has 114 valence electrons. The highest BCUT2D eigenvalue weighted by Gasteiger charge is 2.17. The molecule has 0 atom stereocenters. The molecule has 1 amide bonds. The number of amides is 1. The molecular weight excluding hydrogens is 298 g/mol. The van der Waals surface area contributed by atoms with Crippen molar-refractivity contribution in [3.05, 3.63) is 33.3 Å². The van der Waals surface area contributed by atoms with Gasteiger partial charge >= 0.3 is 0 Å². The first-order valence-electron chi connectivity index (χ1n) is 6.63. The third-order valence-corrected chi connectivity index (χ3v) is 3.47. The van der Waals surface area contributed by atoms with Crippen LogP contribution in [0.1, 0.15) is 6.42 Å². The summed E-state index contributed by atoms with van der Waals surface area (Å²) in [5, 5.41) is 13.9. The minimum atomic E-state index is -0.537. The Balaban J connectivity index is 1.93. The SMILES string of the molecule is O=C(COc1ccc([N+](=O)[O-])cc1Cl)N1CCCNCC1. The summed E-state index contributed by atoms with van der Waals surface area (Å²) < 4.78 is 5.36. The Morgan fingerprint density at radius 3 is 2.95 bits per heavy atom. The van der Waals surface area contributed by atoms with E-state index in [4.69, 9.17) is 16.3 Å². The lowest BCUT2D eigenvalue weighted by Gasteiger charge is -2.20. The number of hydrogen-bond donors (Lipinski definition) is 1. The summed E-state index contributed by atoms with van der Waals surface area (Å²) in [6.45, 7) is 2.89. The first kappa shape index (κ1) is 15.5. The van der Waals surface area contributed by atoms with Crippen molar-refractivity contribution < 1.29 is 14.5 Å². The Labute approximate surface area is 127 Å². The van der Waals surface area contributed by atoms with Crippen LogP contribution in [-0.4, -0.2) is 48.5 Å². The number of ether oxygens (including phenoxy) is 1. The second kappa shape index (κ2) is 7.24. The topological polar surface area (TPSA) is 84.7 Å². The van der Waals surface area contributed by atoms with Crippen molar-refractivity contribution in [2.24, 2.45) is 0 Å². The van der Waals surface area contributed by atoms with Crippen LogP contribution in [0.25, 0.3) is 0 Å². The zero-order chi connectivity index (χ0) is 15.2. The predicted octanol–water partition coefficient (Wildman–Crippen LogP) is 1.45. The number of carbonyl (C=O) groups excluding carboxylic acids is 1. The van der Waals surface area contributed by atoms with Crippen molar-refractivity contribution >= 4 is 23.2 Å². The van der Waals surface area contributed by atoms with E-state index in [0.717, 1.165) is 19.5 Å². The zero-order valence-electron chi connectivity index (χ0n) is 11.4.